The Morgan fingerprint density at radius 1 is 1.53 bits per heavy atom. The monoisotopic (exact) mass is 212 g/mol. The van der Waals surface area contributed by atoms with Crippen LogP contribution in [0, 0.1) is 0 Å². The van der Waals surface area contributed by atoms with Gasteiger partial charge in [-0.1, -0.05) is 0 Å². The second kappa shape index (κ2) is 4.94. The highest BCUT2D eigenvalue weighted by atomic mass is 16.5. The molecule has 1 amide bonds. The summed E-state index contributed by atoms with van der Waals surface area (Å²) in [5.74, 6) is 0.221. The summed E-state index contributed by atoms with van der Waals surface area (Å²) in [5.41, 5.74) is 0. The van der Waals surface area contributed by atoms with Crippen molar-refractivity contribution < 1.29 is 9.53 Å². The fraction of sp³-hybridized carbons (Fsp3) is 0.909. The Balaban J connectivity index is 1.74. The minimum absolute atomic E-state index is 0.195. The number of nitrogens with one attached hydrogen (secondary N) is 1. The van der Waals surface area contributed by atoms with Crippen LogP contribution < -0.4 is 5.32 Å². The molecule has 0 aromatic rings. The lowest BCUT2D eigenvalue weighted by Gasteiger charge is -2.26. The van der Waals surface area contributed by atoms with Gasteiger partial charge in [-0.2, -0.15) is 0 Å². The van der Waals surface area contributed by atoms with E-state index in [4.69, 9.17) is 4.74 Å². The van der Waals surface area contributed by atoms with Crippen LogP contribution in [0.1, 0.15) is 32.6 Å². The van der Waals surface area contributed by atoms with Gasteiger partial charge < -0.3 is 9.64 Å². The van der Waals surface area contributed by atoms with Crippen molar-refractivity contribution in [1.82, 2.24) is 10.2 Å². The normalized spacial score (nSPS) is 32.3. The van der Waals surface area contributed by atoms with Gasteiger partial charge in [0.2, 0.25) is 5.91 Å². The van der Waals surface area contributed by atoms with Gasteiger partial charge in [-0.25, -0.2) is 0 Å². The van der Waals surface area contributed by atoms with Crippen molar-refractivity contribution in [3.8, 4) is 0 Å². The lowest BCUT2D eigenvalue weighted by atomic mass is 10.1. The van der Waals surface area contributed by atoms with Crippen molar-refractivity contribution in [3.63, 3.8) is 0 Å². The summed E-state index contributed by atoms with van der Waals surface area (Å²) in [4.78, 5) is 13.4. The van der Waals surface area contributed by atoms with Crippen molar-refractivity contribution in [2.45, 2.75) is 44.9 Å². The molecule has 2 aliphatic rings. The number of ether oxygens (including phenoxy) is 1. The number of amides is 1. The molecule has 2 heterocycles. The van der Waals surface area contributed by atoms with Gasteiger partial charge in [-0.05, 0) is 32.6 Å². The van der Waals surface area contributed by atoms with E-state index in [2.05, 4.69) is 5.32 Å². The maximum absolute atomic E-state index is 11.5. The number of carbonyl (C=O) groups excluding carboxylic acids is 1. The van der Waals surface area contributed by atoms with Gasteiger partial charge in [-0.15, -0.1) is 0 Å². The average Bonchev–Trinajstić information content (AvgIpc) is 2.58. The molecule has 2 saturated heterocycles. The first-order chi connectivity index (χ1) is 7.27. The van der Waals surface area contributed by atoms with E-state index in [1.807, 2.05) is 11.8 Å². The number of hydrogen-bond acceptors (Lipinski definition) is 3. The maximum Gasteiger partial charge on any atom is 0.237 e. The standard InChI is InChI=1S/C11H20N2O2/c1-9-12-8-11(14)13(9)6-5-10-4-2-3-7-15-10/h9-10,12H,2-8H2,1H3. The molecule has 0 spiro atoms. The number of hydrogen-bond donors (Lipinski definition) is 1. The van der Waals surface area contributed by atoms with Gasteiger partial charge in [0.05, 0.1) is 18.8 Å². The SMILES string of the molecule is CC1NCC(=O)N1CCC1CCCCO1. The van der Waals surface area contributed by atoms with Crippen LogP contribution in [0.3, 0.4) is 0 Å². The number of carbonyl (C=O) groups is 1. The molecule has 1 N–H and O–H groups in total. The van der Waals surface area contributed by atoms with Crippen molar-refractivity contribution in [2.24, 2.45) is 0 Å². The third kappa shape index (κ3) is 2.69. The van der Waals surface area contributed by atoms with Crippen LogP contribution in [-0.4, -0.2) is 42.8 Å². The summed E-state index contributed by atoms with van der Waals surface area (Å²) in [6.45, 7) is 4.25. The van der Waals surface area contributed by atoms with E-state index >= 15 is 0 Å². The Kier molecular flexibility index (Phi) is 3.59. The summed E-state index contributed by atoms with van der Waals surface area (Å²) in [7, 11) is 0. The zero-order chi connectivity index (χ0) is 10.7. The van der Waals surface area contributed by atoms with Gasteiger partial charge in [-0.3, -0.25) is 10.1 Å². The largest absolute Gasteiger partial charge is 0.378 e. The molecule has 2 rings (SSSR count). The average molecular weight is 212 g/mol. The first kappa shape index (κ1) is 10.9. The van der Waals surface area contributed by atoms with Crippen molar-refractivity contribution in [2.75, 3.05) is 19.7 Å². The Labute approximate surface area is 91.0 Å². The second-order valence-electron chi connectivity index (χ2n) is 4.42. The minimum atomic E-state index is 0.195. The molecular formula is C11H20N2O2. The van der Waals surface area contributed by atoms with Crippen LogP contribution in [0.2, 0.25) is 0 Å². The summed E-state index contributed by atoms with van der Waals surface area (Å²) < 4.78 is 5.65. The van der Waals surface area contributed by atoms with E-state index in [-0.39, 0.29) is 12.1 Å². The maximum atomic E-state index is 11.5. The van der Waals surface area contributed by atoms with Gasteiger partial charge in [0.25, 0.3) is 0 Å². The van der Waals surface area contributed by atoms with E-state index in [1.54, 1.807) is 0 Å². The highest BCUT2D eigenvalue weighted by Crippen LogP contribution is 2.17. The Hall–Kier alpha value is -0.610. The highest BCUT2D eigenvalue weighted by Gasteiger charge is 2.27. The van der Waals surface area contributed by atoms with Crippen molar-refractivity contribution in [1.29, 1.82) is 0 Å². The minimum Gasteiger partial charge on any atom is -0.378 e. The lowest BCUT2D eigenvalue weighted by molar-refractivity contribution is -0.128. The molecule has 2 fully saturated rings. The molecule has 15 heavy (non-hydrogen) atoms. The summed E-state index contributed by atoms with van der Waals surface area (Å²) in [6.07, 6.45) is 5.17. The van der Waals surface area contributed by atoms with Crippen LogP contribution in [0.25, 0.3) is 0 Å². The van der Waals surface area contributed by atoms with E-state index in [0.29, 0.717) is 12.6 Å². The van der Waals surface area contributed by atoms with Crippen LogP contribution in [0.15, 0.2) is 0 Å². The molecule has 2 aliphatic heterocycles. The smallest absolute Gasteiger partial charge is 0.237 e. The third-order valence-corrected chi connectivity index (χ3v) is 3.30. The summed E-state index contributed by atoms with van der Waals surface area (Å²) in [6, 6.07) is 0. The second-order valence-corrected chi connectivity index (χ2v) is 4.42. The predicted octanol–water partition coefficient (Wildman–Crippen LogP) is 0.723. The molecular weight excluding hydrogens is 192 g/mol. The molecule has 2 unspecified atom stereocenters. The molecule has 0 saturated carbocycles. The zero-order valence-corrected chi connectivity index (χ0v) is 9.37. The Morgan fingerprint density at radius 3 is 3.00 bits per heavy atom. The van der Waals surface area contributed by atoms with E-state index in [0.717, 1.165) is 26.0 Å². The molecule has 0 bridgehead atoms. The van der Waals surface area contributed by atoms with Gasteiger partial charge >= 0.3 is 0 Å². The fourth-order valence-corrected chi connectivity index (χ4v) is 2.30. The van der Waals surface area contributed by atoms with Gasteiger partial charge in [0.1, 0.15) is 0 Å². The molecule has 4 nitrogen and oxygen atoms in total. The number of rotatable bonds is 3. The lowest BCUT2D eigenvalue weighted by Crippen LogP contribution is -2.37. The topological polar surface area (TPSA) is 41.6 Å². The molecule has 0 aromatic heterocycles. The molecule has 2 atom stereocenters. The van der Waals surface area contributed by atoms with Crippen LogP contribution >= 0.6 is 0 Å². The van der Waals surface area contributed by atoms with Crippen LogP contribution in [-0.2, 0) is 9.53 Å². The van der Waals surface area contributed by atoms with Crippen LogP contribution in [0.5, 0.6) is 0 Å². The van der Waals surface area contributed by atoms with E-state index in [1.165, 1.54) is 12.8 Å². The van der Waals surface area contributed by atoms with Gasteiger partial charge in [0, 0.05) is 13.2 Å². The molecule has 0 radical (unpaired) electrons. The summed E-state index contributed by atoms with van der Waals surface area (Å²) >= 11 is 0. The molecule has 86 valence electrons. The van der Waals surface area contributed by atoms with Crippen molar-refractivity contribution >= 4 is 5.91 Å². The Morgan fingerprint density at radius 2 is 2.40 bits per heavy atom. The summed E-state index contributed by atoms with van der Waals surface area (Å²) in [5, 5.41) is 3.14. The quantitative estimate of drug-likeness (QED) is 0.749. The van der Waals surface area contributed by atoms with Crippen LogP contribution in [0.4, 0.5) is 0 Å². The Bertz CT molecular complexity index is 227. The number of nitrogens with zero attached hydrogens (tertiary/aromatic N) is 1. The van der Waals surface area contributed by atoms with Crippen molar-refractivity contribution in [3.05, 3.63) is 0 Å². The highest BCUT2D eigenvalue weighted by molar-refractivity contribution is 5.80. The first-order valence-electron chi connectivity index (χ1n) is 5.92. The molecule has 0 aliphatic carbocycles. The first-order valence-corrected chi connectivity index (χ1v) is 5.92. The predicted molar refractivity (Wildman–Crippen MR) is 57.4 cm³/mol. The fourth-order valence-electron chi connectivity index (χ4n) is 2.30. The van der Waals surface area contributed by atoms with E-state index in [9.17, 15) is 4.79 Å². The molecule has 4 heteroatoms. The van der Waals surface area contributed by atoms with E-state index < -0.39 is 0 Å². The van der Waals surface area contributed by atoms with Gasteiger partial charge in [0.15, 0.2) is 0 Å². The zero-order valence-electron chi connectivity index (χ0n) is 9.37. The molecule has 0 aromatic carbocycles. The third-order valence-electron chi connectivity index (χ3n) is 3.30.